The number of nitrogens with zero attached hydrogens (tertiary/aromatic N) is 2. The van der Waals surface area contributed by atoms with Crippen molar-refractivity contribution < 1.29 is 0 Å². The topological polar surface area (TPSA) is 6.48 Å². The largest absolute Gasteiger partial charge is 0.359 e. The van der Waals surface area contributed by atoms with Gasteiger partial charge in [-0.1, -0.05) is 78.1 Å². The average molecular weight is 295 g/mol. The van der Waals surface area contributed by atoms with Crippen LogP contribution in [0.4, 0.5) is 0 Å². The van der Waals surface area contributed by atoms with E-state index in [1.807, 2.05) is 0 Å². The Bertz CT molecular complexity index is 262. The molecule has 1 heterocycles. The van der Waals surface area contributed by atoms with Gasteiger partial charge in [0, 0.05) is 26.0 Å². The Morgan fingerprint density at radius 2 is 1.24 bits per heavy atom. The van der Waals surface area contributed by atoms with E-state index in [0.717, 1.165) is 0 Å². The number of hydrogen-bond acceptors (Lipinski definition) is 2. The Balaban J connectivity index is 1.86. The van der Waals surface area contributed by atoms with Gasteiger partial charge in [-0.05, 0) is 12.8 Å². The van der Waals surface area contributed by atoms with Gasteiger partial charge in [-0.15, -0.1) is 0 Å². The van der Waals surface area contributed by atoms with Crippen molar-refractivity contribution in [2.45, 2.75) is 97.1 Å². The Morgan fingerprint density at radius 1 is 0.714 bits per heavy atom. The first-order chi connectivity index (χ1) is 10.3. The normalized spacial score (nSPS) is 18.0. The lowest BCUT2D eigenvalue weighted by Gasteiger charge is -2.29. The maximum atomic E-state index is 2.51. The summed E-state index contributed by atoms with van der Waals surface area (Å²) in [6, 6.07) is 0. The van der Waals surface area contributed by atoms with Gasteiger partial charge < -0.3 is 9.80 Å². The molecule has 0 aromatic rings. The fourth-order valence-electron chi connectivity index (χ4n) is 3.33. The first-order valence-electron chi connectivity index (χ1n) is 9.45. The molecular weight excluding hydrogens is 256 g/mol. The fourth-order valence-corrected chi connectivity index (χ4v) is 3.33. The standard InChI is InChI=1S/C19H38N2/c1-4-6-7-8-9-10-11-12-13-14-15-16-21-18-17-20(3)19(21)5-2/h17-19H,4-16H2,1-3H3. The molecule has 2 nitrogen and oxygen atoms in total. The smallest absolute Gasteiger partial charge is 0.100 e. The molecule has 0 amide bonds. The first-order valence-corrected chi connectivity index (χ1v) is 9.45. The molecule has 0 N–H and O–H groups in total. The molecule has 1 unspecified atom stereocenters. The van der Waals surface area contributed by atoms with Crippen LogP contribution >= 0.6 is 0 Å². The van der Waals surface area contributed by atoms with Crippen molar-refractivity contribution >= 4 is 0 Å². The van der Waals surface area contributed by atoms with Crippen LogP contribution in [-0.2, 0) is 0 Å². The Hall–Kier alpha value is -0.660. The summed E-state index contributed by atoms with van der Waals surface area (Å²) in [6.45, 7) is 5.80. The van der Waals surface area contributed by atoms with E-state index in [9.17, 15) is 0 Å². The molecule has 0 fully saturated rings. The lowest BCUT2D eigenvalue weighted by molar-refractivity contribution is 0.168. The molecule has 1 aliphatic rings. The van der Waals surface area contributed by atoms with Crippen LogP contribution in [0.1, 0.15) is 90.9 Å². The maximum Gasteiger partial charge on any atom is 0.100 e. The van der Waals surface area contributed by atoms with E-state index in [-0.39, 0.29) is 0 Å². The minimum Gasteiger partial charge on any atom is -0.359 e. The van der Waals surface area contributed by atoms with E-state index < -0.39 is 0 Å². The SMILES string of the molecule is CCCCCCCCCCCCCN1C=CN(C)C1CC. The second-order valence-corrected chi connectivity index (χ2v) is 6.63. The molecular formula is C19H38N2. The number of unbranched alkanes of at least 4 members (excludes halogenated alkanes) is 10. The highest BCUT2D eigenvalue weighted by Gasteiger charge is 2.20. The molecule has 124 valence electrons. The van der Waals surface area contributed by atoms with Crippen molar-refractivity contribution in [3.8, 4) is 0 Å². The van der Waals surface area contributed by atoms with Gasteiger partial charge in [0.2, 0.25) is 0 Å². The zero-order valence-corrected chi connectivity index (χ0v) is 14.8. The molecule has 0 aliphatic carbocycles. The highest BCUT2D eigenvalue weighted by Crippen LogP contribution is 2.18. The third-order valence-corrected chi connectivity index (χ3v) is 4.73. The van der Waals surface area contributed by atoms with Gasteiger partial charge in [0.1, 0.15) is 6.17 Å². The third-order valence-electron chi connectivity index (χ3n) is 4.73. The first kappa shape index (κ1) is 18.4. The molecule has 1 aliphatic heterocycles. The molecule has 0 saturated carbocycles. The summed E-state index contributed by atoms with van der Waals surface area (Å²) in [5, 5.41) is 0. The second kappa shape index (κ2) is 11.9. The minimum atomic E-state index is 0.605. The molecule has 0 radical (unpaired) electrons. The summed E-state index contributed by atoms with van der Waals surface area (Å²) < 4.78 is 0. The lowest BCUT2D eigenvalue weighted by Crippen LogP contribution is -2.36. The van der Waals surface area contributed by atoms with Gasteiger partial charge in [0.05, 0.1) is 0 Å². The van der Waals surface area contributed by atoms with Crippen LogP contribution in [0.5, 0.6) is 0 Å². The van der Waals surface area contributed by atoms with Crippen LogP contribution in [0.2, 0.25) is 0 Å². The van der Waals surface area contributed by atoms with Gasteiger partial charge in [0.25, 0.3) is 0 Å². The van der Waals surface area contributed by atoms with Gasteiger partial charge in [0.15, 0.2) is 0 Å². The Kier molecular flexibility index (Phi) is 10.5. The van der Waals surface area contributed by atoms with Crippen LogP contribution in [-0.4, -0.2) is 29.6 Å². The quantitative estimate of drug-likeness (QED) is 0.399. The van der Waals surface area contributed by atoms with Crippen molar-refractivity contribution in [2.24, 2.45) is 0 Å². The molecule has 0 bridgehead atoms. The molecule has 0 aromatic carbocycles. The maximum absolute atomic E-state index is 2.51. The molecule has 1 atom stereocenters. The van der Waals surface area contributed by atoms with Crippen LogP contribution < -0.4 is 0 Å². The van der Waals surface area contributed by atoms with E-state index in [4.69, 9.17) is 0 Å². The Labute approximate surface area is 133 Å². The van der Waals surface area contributed by atoms with E-state index >= 15 is 0 Å². The van der Waals surface area contributed by atoms with Crippen LogP contribution in [0, 0.1) is 0 Å². The van der Waals surface area contributed by atoms with Crippen LogP contribution in [0.15, 0.2) is 12.4 Å². The predicted octanol–water partition coefficient (Wildman–Crippen LogP) is 5.75. The highest BCUT2D eigenvalue weighted by atomic mass is 15.4. The average Bonchev–Trinajstić information content (AvgIpc) is 2.85. The summed E-state index contributed by atoms with van der Waals surface area (Å²) in [7, 11) is 2.19. The van der Waals surface area contributed by atoms with Crippen molar-refractivity contribution in [3.05, 3.63) is 12.4 Å². The minimum absolute atomic E-state index is 0.605. The van der Waals surface area contributed by atoms with Crippen LogP contribution in [0.3, 0.4) is 0 Å². The van der Waals surface area contributed by atoms with Crippen molar-refractivity contribution in [1.29, 1.82) is 0 Å². The number of rotatable bonds is 13. The van der Waals surface area contributed by atoms with E-state index in [0.29, 0.717) is 6.17 Å². The molecule has 0 saturated heterocycles. The van der Waals surface area contributed by atoms with E-state index in [1.54, 1.807) is 0 Å². The van der Waals surface area contributed by atoms with Gasteiger partial charge >= 0.3 is 0 Å². The zero-order valence-electron chi connectivity index (χ0n) is 14.8. The number of hydrogen-bond donors (Lipinski definition) is 0. The zero-order chi connectivity index (χ0) is 15.3. The fraction of sp³-hybridized carbons (Fsp3) is 0.895. The van der Waals surface area contributed by atoms with Gasteiger partial charge in [-0.2, -0.15) is 0 Å². The Morgan fingerprint density at radius 3 is 1.76 bits per heavy atom. The monoisotopic (exact) mass is 294 g/mol. The van der Waals surface area contributed by atoms with Crippen molar-refractivity contribution in [1.82, 2.24) is 9.80 Å². The predicted molar refractivity (Wildman–Crippen MR) is 94.1 cm³/mol. The summed E-state index contributed by atoms with van der Waals surface area (Å²) in [6.07, 6.45) is 22.0. The summed E-state index contributed by atoms with van der Waals surface area (Å²) in [5.74, 6) is 0. The van der Waals surface area contributed by atoms with Gasteiger partial charge in [-0.25, -0.2) is 0 Å². The highest BCUT2D eigenvalue weighted by molar-refractivity contribution is 4.94. The van der Waals surface area contributed by atoms with E-state index in [2.05, 4.69) is 43.1 Å². The molecule has 0 aromatic heterocycles. The van der Waals surface area contributed by atoms with E-state index in [1.165, 1.54) is 83.6 Å². The third kappa shape index (κ3) is 7.78. The molecule has 2 heteroatoms. The molecule has 21 heavy (non-hydrogen) atoms. The molecule has 1 rings (SSSR count). The van der Waals surface area contributed by atoms with Gasteiger partial charge in [-0.3, -0.25) is 0 Å². The van der Waals surface area contributed by atoms with Crippen molar-refractivity contribution in [2.75, 3.05) is 13.6 Å². The lowest BCUT2D eigenvalue weighted by atomic mass is 10.1. The van der Waals surface area contributed by atoms with Crippen molar-refractivity contribution in [3.63, 3.8) is 0 Å². The summed E-state index contributed by atoms with van der Waals surface area (Å²) in [5.41, 5.74) is 0. The molecule has 0 spiro atoms. The second-order valence-electron chi connectivity index (χ2n) is 6.63. The summed E-state index contributed by atoms with van der Waals surface area (Å²) >= 11 is 0. The van der Waals surface area contributed by atoms with Crippen LogP contribution in [0.25, 0.3) is 0 Å². The summed E-state index contributed by atoms with van der Waals surface area (Å²) in [4.78, 5) is 4.84.